The van der Waals surface area contributed by atoms with Gasteiger partial charge in [-0.2, -0.15) is 13.2 Å². The van der Waals surface area contributed by atoms with E-state index in [2.05, 4.69) is 26.9 Å². The SMILES string of the molecule is C=C(C)CNC(=NCc1ccc(COCC(F)(F)F)cc1)NCCc1ccco1. The van der Waals surface area contributed by atoms with Crippen LogP contribution < -0.4 is 10.6 Å². The van der Waals surface area contributed by atoms with Gasteiger partial charge in [0.25, 0.3) is 0 Å². The second-order valence-corrected chi connectivity index (χ2v) is 6.66. The van der Waals surface area contributed by atoms with Gasteiger partial charge in [-0.15, -0.1) is 0 Å². The average Bonchev–Trinajstić information content (AvgIpc) is 3.17. The summed E-state index contributed by atoms with van der Waals surface area (Å²) in [7, 11) is 0. The number of ether oxygens (including phenoxy) is 1. The number of nitrogens with zero attached hydrogens (tertiary/aromatic N) is 1. The van der Waals surface area contributed by atoms with Crippen molar-refractivity contribution in [2.45, 2.75) is 32.7 Å². The van der Waals surface area contributed by atoms with Crippen LogP contribution in [0.15, 0.2) is 64.2 Å². The number of halogens is 3. The summed E-state index contributed by atoms with van der Waals surface area (Å²) >= 11 is 0. The molecular formula is C21H26F3N3O2. The van der Waals surface area contributed by atoms with Crippen molar-refractivity contribution in [2.24, 2.45) is 4.99 Å². The topological polar surface area (TPSA) is 58.8 Å². The van der Waals surface area contributed by atoms with Crippen molar-refractivity contribution in [1.29, 1.82) is 0 Å². The van der Waals surface area contributed by atoms with Gasteiger partial charge in [-0.3, -0.25) is 0 Å². The number of rotatable bonds is 10. The first-order chi connectivity index (χ1) is 13.8. The minimum atomic E-state index is -4.31. The summed E-state index contributed by atoms with van der Waals surface area (Å²) in [6.07, 6.45) is -1.94. The molecule has 0 aliphatic heterocycles. The first kappa shape index (κ1) is 22.5. The van der Waals surface area contributed by atoms with E-state index in [1.165, 1.54) is 0 Å². The lowest BCUT2D eigenvalue weighted by atomic mass is 10.1. The van der Waals surface area contributed by atoms with Gasteiger partial charge in [0.05, 0.1) is 19.4 Å². The van der Waals surface area contributed by atoms with Crippen LogP contribution in [0.3, 0.4) is 0 Å². The van der Waals surface area contributed by atoms with Gasteiger partial charge in [0.15, 0.2) is 5.96 Å². The van der Waals surface area contributed by atoms with E-state index < -0.39 is 12.8 Å². The van der Waals surface area contributed by atoms with E-state index in [0.717, 1.165) is 23.3 Å². The van der Waals surface area contributed by atoms with E-state index >= 15 is 0 Å². The maximum Gasteiger partial charge on any atom is 0.411 e. The lowest BCUT2D eigenvalue weighted by Gasteiger charge is -2.12. The van der Waals surface area contributed by atoms with Gasteiger partial charge in [0.2, 0.25) is 0 Å². The normalized spacial score (nSPS) is 12.1. The first-order valence-electron chi connectivity index (χ1n) is 9.23. The predicted octanol–water partition coefficient (Wildman–Crippen LogP) is 4.21. The molecule has 0 atom stereocenters. The van der Waals surface area contributed by atoms with Crippen LogP contribution in [0.1, 0.15) is 23.8 Å². The Hall–Kier alpha value is -2.74. The second-order valence-electron chi connectivity index (χ2n) is 6.66. The third-order valence-corrected chi connectivity index (χ3v) is 3.78. The van der Waals surface area contributed by atoms with Gasteiger partial charge in [-0.25, -0.2) is 4.99 Å². The van der Waals surface area contributed by atoms with Gasteiger partial charge in [0.1, 0.15) is 12.4 Å². The summed E-state index contributed by atoms with van der Waals surface area (Å²) < 4.78 is 46.3. The average molecular weight is 409 g/mol. The minimum absolute atomic E-state index is 0.0805. The molecule has 158 valence electrons. The van der Waals surface area contributed by atoms with Gasteiger partial charge in [-0.05, 0) is 30.2 Å². The Bertz CT molecular complexity index is 769. The smallest absolute Gasteiger partial charge is 0.411 e. The highest BCUT2D eigenvalue weighted by Gasteiger charge is 2.27. The molecule has 0 saturated carbocycles. The number of furan rings is 1. The monoisotopic (exact) mass is 409 g/mol. The summed E-state index contributed by atoms with van der Waals surface area (Å²) in [5, 5.41) is 6.45. The van der Waals surface area contributed by atoms with Gasteiger partial charge in [-0.1, -0.05) is 36.4 Å². The van der Waals surface area contributed by atoms with Crippen LogP contribution in [-0.2, 0) is 24.3 Å². The number of nitrogens with one attached hydrogen (secondary N) is 2. The molecular weight excluding hydrogens is 383 g/mol. The molecule has 0 aliphatic carbocycles. The first-order valence-corrected chi connectivity index (χ1v) is 9.23. The molecule has 0 fully saturated rings. The zero-order chi connectivity index (χ0) is 21.1. The van der Waals surface area contributed by atoms with Gasteiger partial charge < -0.3 is 19.8 Å². The Morgan fingerprint density at radius 2 is 1.86 bits per heavy atom. The van der Waals surface area contributed by atoms with Crippen molar-refractivity contribution in [3.05, 3.63) is 71.7 Å². The molecule has 0 radical (unpaired) electrons. The van der Waals surface area contributed by atoms with Gasteiger partial charge in [0, 0.05) is 19.5 Å². The quantitative estimate of drug-likeness (QED) is 0.351. The van der Waals surface area contributed by atoms with Crippen LogP contribution in [0.4, 0.5) is 13.2 Å². The van der Waals surface area contributed by atoms with Crippen molar-refractivity contribution < 1.29 is 22.3 Å². The number of aliphatic imine (C=N–C) groups is 1. The number of benzene rings is 1. The molecule has 2 rings (SSSR count). The highest BCUT2D eigenvalue weighted by atomic mass is 19.4. The fourth-order valence-corrected chi connectivity index (χ4v) is 2.36. The van der Waals surface area contributed by atoms with E-state index in [9.17, 15) is 13.2 Å². The van der Waals surface area contributed by atoms with Crippen molar-refractivity contribution in [2.75, 3.05) is 19.7 Å². The lowest BCUT2D eigenvalue weighted by Crippen LogP contribution is -2.39. The Morgan fingerprint density at radius 3 is 2.48 bits per heavy atom. The summed E-state index contributed by atoms with van der Waals surface area (Å²) in [5.41, 5.74) is 2.60. The summed E-state index contributed by atoms with van der Waals surface area (Å²) in [6, 6.07) is 10.9. The van der Waals surface area contributed by atoms with E-state index in [4.69, 9.17) is 4.42 Å². The molecule has 29 heavy (non-hydrogen) atoms. The molecule has 1 heterocycles. The van der Waals surface area contributed by atoms with Crippen molar-refractivity contribution in [3.8, 4) is 0 Å². The third-order valence-electron chi connectivity index (χ3n) is 3.78. The standard InChI is InChI=1S/C21H26F3N3O2/c1-16(2)12-26-20(25-10-9-19-4-3-11-29-19)27-13-17-5-7-18(8-6-17)14-28-15-21(22,23)24/h3-8,11H,1,9-10,12-15H2,2H3,(H2,25,26,27). The Labute approximate surface area is 168 Å². The van der Waals surface area contributed by atoms with Crippen LogP contribution in [0.2, 0.25) is 0 Å². The minimum Gasteiger partial charge on any atom is -0.469 e. The lowest BCUT2D eigenvalue weighted by molar-refractivity contribution is -0.176. The van der Waals surface area contributed by atoms with Crippen LogP contribution >= 0.6 is 0 Å². The molecule has 0 unspecified atom stereocenters. The van der Waals surface area contributed by atoms with Crippen LogP contribution in [0, 0.1) is 0 Å². The van der Waals surface area contributed by atoms with E-state index in [1.54, 1.807) is 18.4 Å². The zero-order valence-corrected chi connectivity index (χ0v) is 16.4. The number of hydrogen-bond acceptors (Lipinski definition) is 3. The fourth-order valence-electron chi connectivity index (χ4n) is 2.36. The molecule has 0 bridgehead atoms. The molecule has 1 aromatic heterocycles. The highest BCUT2D eigenvalue weighted by Crippen LogP contribution is 2.16. The molecule has 0 amide bonds. The maximum atomic E-state index is 12.1. The molecule has 0 aliphatic rings. The van der Waals surface area contributed by atoms with Crippen molar-refractivity contribution >= 4 is 5.96 Å². The second kappa shape index (κ2) is 11.3. The van der Waals surface area contributed by atoms with E-state index in [1.807, 2.05) is 31.2 Å². The Kier molecular flexibility index (Phi) is 8.79. The van der Waals surface area contributed by atoms with Crippen molar-refractivity contribution in [1.82, 2.24) is 10.6 Å². The molecule has 2 N–H and O–H groups in total. The largest absolute Gasteiger partial charge is 0.469 e. The van der Waals surface area contributed by atoms with E-state index in [0.29, 0.717) is 31.2 Å². The number of guanidine groups is 1. The Balaban J connectivity index is 1.86. The zero-order valence-electron chi connectivity index (χ0n) is 16.4. The summed E-state index contributed by atoms with van der Waals surface area (Å²) in [5.74, 6) is 1.54. The van der Waals surface area contributed by atoms with Crippen LogP contribution in [0.5, 0.6) is 0 Å². The maximum absolute atomic E-state index is 12.1. The summed E-state index contributed by atoms with van der Waals surface area (Å²) in [6.45, 7) is 6.15. The summed E-state index contributed by atoms with van der Waals surface area (Å²) in [4.78, 5) is 4.55. The molecule has 8 heteroatoms. The Morgan fingerprint density at radius 1 is 1.14 bits per heavy atom. The predicted molar refractivity (Wildman–Crippen MR) is 107 cm³/mol. The van der Waals surface area contributed by atoms with Gasteiger partial charge >= 0.3 is 6.18 Å². The third kappa shape index (κ3) is 9.84. The molecule has 0 spiro atoms. The highest BCUT2D eigenvalue weighted by molar-refractivity contribution is 5.80. The van der Waals surface area contributed by atoms with E-state index in [-0.39, 0.29) is 6.61 Å². The molecule has 2 aromatic rings. The van der Waals surface area contributed by atoms with Crippen molar-refractivity contribution in [3.63, 3.8) is 0 Å². The molecule has 1 aromatic carbocycles. The molecule has 5 nitrogen and oxygen atoms in total. The number of alkyl halides is 3. The molecule has 0 saturated heterocycles. The number of hydrogen-bond donors (Lipinski definition) is 2. The van der Waals surface area contributed by atoms with Crippen LogP contribution in [-0.4, -0.2) is 31.8 Å². The fraction of sp³-hybridized carbons (Fsp3) is 0.381. The van der Waals surface area contributed by atoms with Crippen LogP contribution in [0.25, 0.3) is 0 Å².